The summed E-state index contributed by atoms with van der Waals surface area (Å²) >= 11 is 0. The average molecular weight is 125 g/mol. The van der Waals surface area contributed by atoms with Gasteiger partial charge in [-0.15, -0.1) is 0 Å². The van der Waals surface area contributed by atoms with Gasteiger partial charge in [0.15, 0.2) is 6.66 Å². The van der Waals surface area contributed by atoms with E-state index in [1.165, 1.54) is 6.66 Å². The Balaban J connectivity index is 3.05. The van der Waals surface area contributed by atoms with Gasteiger partial charge in [-0.25, -0.2) is 4.57 Å². The van der Waals surface area contributed by atoms with Crippen LogP contribution in [0.5, 0.6) is 0 Å². The first-order valence-corrected chi connectivity index (χ1v) is 3.53. The lowest BCUT2D eigenvalue weighted by atomic mass is 12.0. The van der Waals surface area contributed by atoms with Crippen molar-refractivity contribution in [2.75, 3.05) is 6.66 Å². The predicted molar refractivity (Wildman–Crippen MR) is 22.2 cm³/mol. The zero-order valence-electron chi connectivity index (χ0n) is 3.12. The van der Waals surface area contributed by atoms with Gasteiger partial charge in [-0.1, -0.05) is 0 Å². The van der Waals surface area contributed by atoms with Crippen molar-refractivity contribution in [3.63, 3.8) is 0 Å². The smallest absolute Gasteiger partial charge is 0.236 e. The Hall–Kier alpha value is 0.160. The van der Waals surface area contributed by atoms with Crippen LogP contribution in [0.2, 0.25) is 0 Å². The monoisotopic (exact) mass is 125 g/mol. The fraction of sp³-hybridized carbons (Fsp3) is 1.00. The van der Waals surface area contributed by atoms with Crippen molar-refractivity contribution in [1.29, 1.82) is 0 Å². The average Bonchev–Trinajstić information content (AvgIpc) is 1.35. The summed E-state index contributed by atoms with van der Waals surface area (Å²) in [5.74, 6) is 0. The number of hydrogen-bond donors (Lipinski definition) is 0. The zero-order chi connectivity index (χ0) is 4.99. The highest BCUT2D eigenvalue weighted by Gasteiger charge is 2.03. The SMILES string of the molecule is C[P+](=O)OP=O. The molecule has 0 saturated heterocycles. The van der Waals surface area contributed by atoms with Crippen LogP contribution in [0.3, 0.4) is 0 Å². The van der Waals surface area contributed by atoms with Crippen LogP contribution < -0.4 is 0 Å². The van der Waals surface area contributed by atoms with E-state index in [4.69, 9.17) is 0 Å². The van der Waals surface area contributed by atoms with Gasteiger partial charge < -0.3 is 0 Å². The van der Waals surface area contributed by atoms with Gasteiger partial charge in [-0.2, -0.15) is 0 Å². The van der Waals surface area contributed by atoms with E-state index in [-0.39, 0.29) is 0 Å². The van der Waals surface area contributed by atoms with Crippen molar-refractivity contribution in [3.8, 4) is 0 Å². The van der Waals surface area contributed by atoms with E-state index in [1.54, 1.807) is 0 Å². The second kappa shape index (κ2) is 3.35. The molecule has 1 unspecified atom stereocenters. The fourth-order valence-electron chi connectivity index (χ4n) is 0.0469. The van der Waals surface area contributed by atoms with Gasteiger partial charge in [0, 0.05) is 0 Å². The molecule has 0 spiro atoms. The maximum atomic E-state index is 9.76. The summed E-state index contributed by atoms with van der Waals surface area (Å²) in [6, 6.07) is 0. The summed E-state index contributed by atoms with van der Waals surface area (Å²) in [6.45, 7) is 1.33. The number of hydrogen-bond acceptors (Lipinski definition) is 3. The minimum atomic E-state index is -1.68. The van der Waals surface area contributed by atoms with Gasteiger partial charge in [-0.3, -0.25) is 0 Å². The van der Waals surface area contributed by atoms with Crippen molar-refractivity contribution in [2.45, 2.75) is 0 Å². The van der Waals surface area contributed by atoms with Crippen LogP contribution >= 0.6 is 16.7 Å². The molecule has 0 rings (SSSR count). The highest BCUT2D eigenvalue weighted by molar-refractivity contribution is 7.45. The van der Waals surface area contributed by atoms with E-state index in [0.717, 1.165) is 0 Å². The predicted octanol–water partition coefficient (Wildman–Crippen LogP) is 1.58. The Labute approximate surface area is 37.9 Å². The molecular formula is CH3O3P2+. The molecule has 0 aromatic carbocycles. The van der Waals surface area contributed by atoms with Crippen molar-refractivity contribution >= 4 is 16.7 Å². The summed E-state index contributed by atoms with van der Waals surface area (Å²) < 4.78 is 23.0. The Kier molecular flexibility index (Phi) is 3.44. The van der Waals surface area contributed by atoms with Crippen LogP contribution in [-0.2, 0) is 13.4 Å². The summed E-state index contributed by atoms with van der Waals surface area (Å²) in [4.78, 5) is 0. The third-order valence-electron chi connectivity index (χ3n) is 0.148. The van der Waals surface area contributed by atoms with Gasteiger partial charge >= 0.3 is 16.7 Å². The molecule has 0 radical (unpaired) electrons. The van der Waals surface area contributed by atoms with E-state index in [9.17, 15) is 9.13 Å². The Morgan fingerprint density at radius 1 is 1.83 bits per heavy atom. The molecule has 6 heavy (non-hydrogen) atoms. The van der Waals surface area contributed by atoms with Crippen molar-refractivity contribution in [1.82, 2.24) is 0 Å². The minimum Gasteiger partial charge on any atom is -0.236 e. The minimum absolute atomic E-state index is 0.510. The van der Waals surface area contributed by atoms with Crippen molar-refractivity contribution in [3.05, 3.63) is 0 Å². The lowest BCUT2D eigenvalue weighted by Crippen LogP contribution is -1.45. The normalized spacial score (nSPS) is 11.8. The fourth-order valence-corrected chi connectivity index (χ4v) is 0.422. The van der Waals surface area contributed by atoms with E-state index in [1.807, 2.05) is 0 Å². The van der Waals surface area contributed by atoms with Crippen LogP contribution in [0.1, 0.15) is 0 Å². The third-order valence-corrected chi connectivity index (χ3v) is 1.33. The molecule has 0 aromatic heterocycles. The molecule has 0 bridgehead atoms. The topological polar surface area (TPSA) is 43.4 Å². The number of rotatable bonds is 2. The summed E-state index contributed by atoms with van der Waals surface area (Å²) in [6.07, 6.45) is 0. The third kappa shape index (κ3) is 4.16. The van der Waals surface area contributed by atoms with Crippen molar-refractivity contribution in [2.24, 2.45) is 0 Å². The van der Waals surface area contributed by atoms with E-state index in [0.29, 0.717) is 0 Å². The first kappa shape index (κ1) is 6.16. The quantitative estimate of drug-likeness (QED) is 0.526. The van der Waals surface area contributed by atoms with E-state index < -0.39 is 16.7 Å². The van der Waals surface area contributed by atoms with Crippen LogP contribution in [0.15, 0.2) is 0 Å². The van der Waals surface area contributed by atoms with Gasteiger partial charge in [-0.05, 0) is 8.88 Å². The molecule has 3 nitrogen and oxygen atoms in total. The van der Waals surface area contributed by atoms with Crippen LogP contribution in [0, 0.1) is 0 Å². The highest BCUT2D eigenvalue weighted by atomic mass is 31.2. The molecule has 0 aliphatic heterocycles. The van der Waals surface area contributed by atoms with Gasteiger partial charge in [0.1, 0.15) is 0 Å². The Morgan fingerprint density at radius 2 is 2.33 bits per heavy atom. The van der Waals surface area contributed by atoms with Gasteiger partial charge in [0.05, 0.1) is 0 Å². The van der Waals surface area contributed by atoms with Crippen LogP contribution in [0.4, 0.5) is 0 Å². The molecule has 0 saturated carbocycles. The highest BCUT2D eigenvalue weighted by Crippen LogP contribution is 2.21. The molecule has 0 heterocycles. The van der Waals surface area contributed by atoms with E-state index >= 15 is 0 Å². The molecular weight excluding hydrogens is 122 g/mol. The lowest BCUT2D eigenvalue weighted by Gasteiger charge is -1.55. The van der Waals surface area contributed by atoms with Gasteiger partial charge in [0.25, 0.3) is 0 Å². The summed E-state index contributed by atoms with van der Waals surface area (Å²) in [5.41, 5.74) is 0. The molecule has 0 aliphatic carbocycles. The largest absolute Gasteiger partial charge is 0.516 e. The molecule has 0 fully saturated rings. The molecule has 34 valence electrons. The zero-order valence-corrected chi connectivity index (χ0v) is 4.91. The molecule has 0 amide bonds. The second-order valence-corrected chi connectivity index (χ2v) is 2.28. The Morgan fingerprint density at radius 3 is 2.33 bits per heavy atom. The first-order chi connectivity index (χ1) is 2.77. The standard InChI is InChI=1S/CH3O3P2/c1-6(3)4-5-2/h1H3/q+1. The summed E-state index contributed by atoms with van der Waals surface area (Å²) in [7, 11) is -2.19. The summed E-state index contributed by atoms with van der Waals surface area (Å²) in [5, 5.41) is 0. The molecule has 0 aromatic rings. The van der Waals surface area contributed by atoms with Crippen LogP contribution in [0.25, 0.3) is 0 Å². The molecule has 5 heteroatoms. The molecule has 0 aliphatic rings. The van der Waals surface area contributed by atoms with E-state index in [2.05, 4.69) is 4.31 Å². The van der Waals surface area contributed by atoms with Crippen LogP contribution in [-0.4, -0.2) is 6.66 Å². The first-order valence-electron chi connectivity index (χ1n) is 1.18. The van der Waals surface area contributed by atoms with Crippen molar-refractivity contribution < 1.29 is 13.4 Å². The molecule has 1 atom stereocenters. The maximum Gasteiger partial charge on any atom is 0.516 e. The van der Waals surface area contributed by atoms with Gasteiger partial charge in [0.2, 0.25) is 0 Å². The second-order valence-electron chi connectivity index (χ2n) is 0.596. The lowest BCUT2D eigenvalue weighted by molar-refractivity contribution is 0.506. The molecule has 0 N–H and O–H groups in total. The Bertz CT molecular complexity index is 69.2. The maximum absolute atomic E-state index is 9.76.